The smallest absolute Gasteiger partial charge is 0.248 e. The first-order valence-electron chi connectivity index (χ1n) is 12.2. The number of para-hydroxylation sites is 1. The quantitative estimate of drug-likeness (QED) is 0.476. The van der Waals surface area contributed by atoms with Crippen LogP contribution in [0.15, 0.2) is 51.9 Å². The molecule has 1 aromatic heterocycles. The van der Waals surface area contributed by atoms with Gasteiger partial charge in [0.2, 0.25) is 15.9 Å². The van der Waals surface area contributed by atoms with E-state index in [1.807, 2.05) is 36.1 Å². The van der Waals surface area contributed by atoms with Crippen LogP contribution in [-0.2, 0) is 21.2 Å². The summed E-state index contributed by atoms with van der Waals surface area (Å²) in [7, 11) is -3.98. The fourth-order valence-electron chi connectivity index (χ4n) is 5.17. The summed E-state index contributed by atoms with van der Waals surface area (Å²) in [5, 5.41) is 3.81. The molecule has 3 heterocycles. The van der Waals surface area contributed by atoms with E-state index < -0.39 is 21.7 Å². The number of amides is 1. The molecule has 2 aliphatic heterocycles. The normalized spacial score (nSPS) is 19.0. The SMILES string of the molecule is Cc1noc(/C=C/c2ccc(F)cc2F)c1S(=O)(=O)N1CCC(C(=O)N2c3ccccc3C[C@@H]2C)CC1. The van der Waals surface area contributed by atoms with E-state index in [0.717, 1.165) is 29.8 Å². The summed E-state index contributed by atoms with van der Waals surface area (Å²) in [6.07, 6.45) is 4.24. The van der Waals surface area contributed by atoms with Gasteiger partial charge >= 0.3 is 0 Å². The van der Waals surface area contributed by atoms with Crippen LogP contribution in [0.25, 0.3) is 12.2 Å². The number of fused-ring (bicyclic) bond motifs is 1. The maximum atomic E-state index is 14.0. The number of anilines is 1. The van der Waals surface area contributed by atoms with E-state index in [4.69, 9.17) is 4.52 Å². The Bertz CT molecular complexity index is 1480. The van der Waals surface area contributed by atoms with Gasteiger partial charge in [-0.1, -0.05) is 23.4 Å². The van der Waals surface area contributed by atoms with E-state index >= 15 is 0 Å². The number of aromatic nitrogens is 1. The van der Waals surface area contributed by atoms with Gasteiger partial charge in [-0.25, -0.2) is 17.2 Å². The molecule has 1 saturated heterocycles. The van der Waals surface area contributed by atoms with Gasteiger partial charge in [-0.3, -0.25) is 4.79 Å². The number of aryl methyl sites for hydroxylation is 1. The third-order valence-corrected chi connectivity index (χ3v) is 9.11. The van der Waals surface area contributed by atoms with Crippen molar-refractivity contribution in [3.8, 4) is 0 Å². The Balaban J connectivity index is 1.31. The lowest BCUT2D eigenvalue weighted by Crippen LogP contribution is -2.46. The van der Waals surface area contributed by atoms with E-state index in [1.54, 1.807) is 0 Å². The monoisotopic (exact) mass is 527 g/mol. The number of nitrogens with zero attached hydrogens (tertiary/aromatic N) is 3. The summed E-state index contributed by atoms with van der Waals surface area (Å²) in [6, 6.07) is 11.0. The maximum Gasteiger partial charge on any atom is 0.248 e. The minimum atomic E-state index is -3.98. The second-order valence-electron chi connectivity index (χ2n) is 9.53. The van der Waals surface area contributed by atoms with E-state index in [-0.39, 0.29) is 52.9 Å². The zero-order valence-corrected chi connectivity index (χ0v) is 21.3. The molecule has 0 unspecified atom stereocenters. The molecule has 1 atom stereocenters. The summed E-state index contributed by atoms with van der Waals surface area (Å²) in [4.78, 5) is 15.2. The van der Waals surface area contributed by atoms with Crippen molar-refractivity contribution in [2.45, 2.75) is 44.0 Å². The van der Waals surface area contributed by atoms with Crippen LogP contribution >= 0.6 is 0 Å². The van der Waals surface area contributed by atoms with Crippen molar-refractivity contribution in [1.82, 2.24) is 9.46 Å². The Labute approximate surface area is 214 Å². The lowest BCUT2D eigenvalue weighted by atomic mass is 9.96. The molecule has 37 heavy (non-hydrogen) atoms. The molecule has 0 N–H and O–H groups in total. The first-order chi connectivity index (χ1) is 17.7. The highest BCUT2D eigenvalue weighted by Crippen LogP contribution is 2.36. The van der Waals surface area contributed by atoms with Crippen molar-refractivity contribution in [3.63, 3.8) is 0 Å². The van der Waals surface area contributed by atoms with E-state index in [9.17, 15) is 22.0 Å². The predicted molar refractivity (Wildman–Crippen MR) is 135 cm³/mol. The second-order valence-corrected chi connectivity index (χ2v) is 11.4. The summed E-state index contributed by atoms with van der Waals surface area (Å²) >= 11 is 0. The lowest BCUT2D eigenvalue weighted by molar-refractivity contribution is -0.123. The van der Waals surface area contributed by atoms with Crippen LogP contribution in [0.3, 0.4) is 0 Å². The summed E-state index contributed by atoms with van der Waals surface area (Å²) in [5.41, 5.74) is 2.34. The summed E-state index contributed by atoms with van der Waals surface area (Å²) < 4.78 is 60.8. The zero-order chi connectivity index (χ0) is 26.3. The Morgan fingerprint density at radius 2 is 1.84 bits per heavy atom. The van der Waals surface area contributed by atoms with Crippen LogP contribution in [-0.4, -0.2) is 42.9 Å². The van der Waals surface area contributed by atoms with Crippen molar-refractivity contribution < 1.29 is 26.5 Å². The summed E-state index contributed by atoms with van der Waals surface area (Å²) in [6.45, 7) is 3.92. The fraction of sp³-hybridized carbons (Fsp3) is 0.333. The molecule has 2 aromatic carbocycles. The van der Waals surface area contributed by atoms with Gasteiger partial charge in [0.1, 0.15) is 17.3 Å². The first-order valence-corrected chi connectivity index (χ1v) is 13.6. The van der Waals surface area contributed by atoms with Crippen molar-refractivity contribution in [2.24, 2.45) is 5.92 Å². The van der Waals surface area contributed by atoms with Gasteiger partial charge in [0.05, 0.1) is 0 Å². The molecule has 0 saturated carbocycles. The maximum absolute atomic E-state index is 14.0. The van der Waals surface area contributed by atoms with Crippen LogP contribution in [0.2, 0.25) is 0 Å². The van der Waals surface area contributed by atoms with Crippen LogP contribution in [0.4, 0.5) is 14.5 Å². The highest BCUT2D eigenvalue weighted by molar-refractivity contribution is 7.89. The number of piperidine rings is 1. The van der Waals surface area contributed by atoms with Crippen LogP contribution in [0, 0.1) is 24.5 Å². The average molecular weight is 528 g/mol. The van der Waals surface area contributed by atoms with Crippen molar-refractivity contribution in [3.05, 3.63) is 76.7 Å². The molecule has 1 amide bonds. The van der Waals surface area contributed by atoms with Crippen LogP contribution < -0.4 is 4.90 Å². The number of hydrogen-bond donors (Lipinski definition) is 0. The van der Waals surface area contributed by atoms with Gasteiger partial charge in [-0.05, 0) is 69.0 Å². The number of rotatable bonds is 5. The van der Waals surface area contributed by atoms with Gasteiger partial charge in [0.25, 0.3) is 0 Å². The predicted octanol–water partition coefficient (Wildman–Crippen LogP) is 4.81. The summed E-state index contributed by atoms with van der Waals surface area (Å²) in [5.74, 6) is -1.77. The number of carbonyl (C=O) groups excluding carboxylic acids is 1. The highest BCUT2D eigenvalue weighted by Gasteiger charge is 2.39. The Hall–Kier alpha value is -3.37. The third-order valence-electron chi connectivity index (χ3n) is 7.06. The molecule has 5 rings (SSSR count). The topological polar surface area (TPSA) is 83.7 Å². The van der Waals surface area contributed by atoms with Gasteiger partial charge in [-0.2, -0.15) is 4.31 Å². The van der Waals surface area contributed by atoms with Crippen LogP contribution in [0.1, 0.15) is 42.3 Å². The molecule has 0 aliphatic carbocycles. The number of halogens is 2. The molecule has 7 nitrogen and oxygen atoms in total. The zero-order valence-electron chi connectivity index (χ0n) is 20.5. The van der Waals surface area contributed by atoms with Crippen molar-refractivity contribution in [1.29, 1.82) is 0 Å². The standard InChI is InChI=1S/C27H27F2N3O4S/c1-17-15-21-5-3-4-6-24(21)32(17)27(33)20-11-13-31(14-12-20)37(34,35)26-18(2)30-36-25(26)10-8-19-7-9-22(28)16-23(19)29/h3-10,16-17,20H,11-15H2,1-2H3/b10-8+/t17-/m0/s1. The van der Waals surface area contributed by atoms with Crippen LogP contribution in [0.5, 0.6) is 0 Å². The largest absolute Gasteiger partial charge is 0.355 e. The Kier molecular flexibility index (Phi) is 6.72. The molecule has 0 radical (unpaired) electrons. The molecule has 2 aliphatic rings. The minimum absolute atomic E-state index is 0.0283. The molecule has 0 spiro atoms. The van der Waals surface area contributed by atoms with Gasteiger partial charge in [0.15, 0.2) is 10.7 Å². The first kappa shape index (κ1) is 25.3. The molecular weight excluding hydrogens is 500 g/mol. The molecule has 0 bridgehead atoms. The molecular formula is C27H27F2N3O4S. The molecule has 3 aromatic rings. The Morgan fingerprint density at radius 1 is 1.11 bits per heavy atom. The fourth-order valence-corrected chi connectivity index (χ4v) is 6.89. The number of benzene rings is 2. The van der Waals surface area contributed by atoms with Crippen molar-refractivity contribution >= 4 is 33.8 Å². The van der Waals surface area contributed by atoms with E-state index in [0.29, 0.717) is 12.8 Å². The van der Waals surface area contributed by atoms with E-state index in [2.05, 4.69) is 5.16 Å². The molecule has 10 heteroatoms. The van der Waals surface area contributed by atoms with Gasteiger partial charge < -0.3 is 9.42 Å². The number of carbonyl (C=O) groups is 1. The second kappa shape index (κ2) is 9.83. The van der Waals surface area contributed by atoms with E-state index in [1.165, 1.54) is 29.4 Å². The molecule has 1 fully saturated rings. The van der Waals surface area contributed by atoms with Crippen molar-refractivity contribution in [2.75, 3.05) is 18.0 Å². The lowest BCUT2D eigenvalue weighted by Gasteiger charge is -2.34. The Morgan fingerprint density at radius 3 is 2.57 bits per heavy atom. The van der Waals surface area contributed by atoms with Gasteiger partial charge in [0, 0.05) is 42.4 Å². The number of sulfonamides is 1. The van der Waals surface area contributed by atoms with Gasteiger partial charge in [-0.15, -0.1) is 0 Å². The minimum Gasteiger partial charge on any atom is -0.355 e. The molecule has 194 valence electrons. The number of hydrogen-bond acceptors (Lipinski definition) is 5. The average Bonchev–Trinajstić information content (AvgIpc) is 3.42. The highest BCUT2D eigenvalue weighted by atomic mass is 32.2. The third kappa shape index (κ3) is 4.71.